The quantitative estimate of drug-likeness (QED) is 0.175. The number of hydrogen-bond acceptors (Lipinski definition) is 7. The highest BCUT2D eigenvalue weighted by Gasteiger charge is 2.14. The minimum Gasteiger partial charge on any atom is -0.464 e. The fourth-order valence-corrected chi connectivity index (χ4v) is 2.32. The zero-order valence-corrected chi connectivity index (χ0v) is 17.6. The summed E-state index contributed by atoms with van der Waals surface area (Å²) >= 11 is 0. The monoisotopic (exact) mass is 421 g/mol. The van der Waals surface area contributed by atoms with Crippen LogP contribution in [0.15, 0.2) is 30.3 Å². The minimum absolute atomic E-state index is 0.0650. The second kappa shape index (κ2) is 14.8. The molecule has 1 amide bonds. The molecule has 0 spiro atoms. The van der Waals surface area contributed by atoms with Crippen molar-refractivity contribution < 1.29 is 28.6 Å². The number of nitrogens with one attached hydrogen (secondary N) is 2. The molecule has 0 aliphatic heterocycles. The first kappa shape index (κ1) is 24.9. The van der Waals surface area contributed by atoms with Crippen molar-refractivity contribution in [1.82, 2.24) is 10.2 Å². The fraction of sp³-hybridized carbons (Fsp3) is 0.524. The molecule has 0 fully saturated rings. The van der Waals surface area contributed by atoms with E-state index in [1.54, 1.807) is 0 Å². The first-order valence-electron chi connectivity index (χ1n) is 10.0. The SMILES string of the molecule is CCCCOC(=O)CN(C)C(=N)NC(=O)OCCOC(=O)CCCc1ccccc1. The van der Waals surface area contributed by atoms with Crippen LogP contribution in [-0.4, -0.2) is 62.3 Å². The van der Waals surface area contributed by atoms with Crippen LogP contribution in [0.1, 0.15) is 38.2 Å². The summed E-state index contributed by atoms with van der Waals surface area (Å²) in [5, 5.41) is 9.94. The highest BCUT2D eigenvalue weighted by molar-refractivity contribution is 5.93. The van der Waals surface area contributed by atoms with E-state index in [0.29, 0.717) is 13.0 Å². The van der Waals surface area contributed by atoms with Crippen molar-refractivity contribution in [3.05, 3.63) is 35.9 Å². The number of carbonyl (C=O) groups excluding carboxylic acids is 3. The second-order valence-corrected chi connectivity index (χ2v) is 6.60. The van der Waals surface area contributed by atoms with E-state index in [9.17, 15) is 14.4 Å². The van der Waals surface area contributed by atoms with Gasteiger partial charge >= 0.3 is 18.0 Å². The Morgan fingerprint density at radius 1 is 0.967 bits per heavy atom. The standard InChI is InChI=1S/C21H31N3O6/c1-3-4-13-28-19(26)16-24(2)20(22)23-21(27)30-15-14-29-18(25)12-8-11-17-9-6-5-7-10-17/h5-7,9-10H,3-4,8,11-16H2,1-2H3,(H2,22,23,27). The number of likely N-dealkylation sites (N-methyl/N-ethyl adjacent to an activating group) is 1. The van der Waals surface area contributed by atoms with Crippen LogP contribution in [0.5, 0.6) is 0 Å². The van der Waals surface area contributed by atoms with Crippen molar-refractivity contribution in [3.63, 3.8) is 0 Å². The summed E-state index contributed by atoms with van der Waals surface area (Å²) in [6.45, 7) is 1.95. The average molecular weight is 421 g/mol. The summed E-state index contributed by atoms with van der Waals surface area (Å²) in [6.07, 6.45) is 2.56. The number of alkyl carbamates (subject to hydrolysis) is 1. The van der Waals surface area contributed by atoms with Crippen LogP contribution in [0.4, 0.5) is 4.79 Å². The summed E-state index contributed by atoms with van der Waals surface area (Å²) in [6, 6.07) is 9.85. The van der Waals surface area contributed by atoms with Crippen molar-refractivity contribution in [1.29, 1.82) is 5.41 Å². The largest absolute Gasteiger partial charge is 0.464 e. The third kappa shape index (κ3) is 11.7. The van der Waals surface area contributed by atoms with Crippen molar-refractivity contribution in [2.24, 2.45) is 0 Å². The Bertz CT molecular complexity index is 681. The van der Waals surface area contributed by atoms with Gasteiger partial charge in [0.2, 0.25) is 5.96 Å². The molecule has 0 bridgehead atoms. The lowest BCUT2D eigenvalue weighted by molar-refractivity contribution is -0.145. The van der Waals surface area contributed by atoms with Gasteiger partial charge in [0.15, 0.2) is 0 Å². The first-order valence-corrected chi connectivity index (χ1v) is 10.0. The molecule has 0 aliphatic rings. The lowest BCUT2D eigenvalue weighted by atomic mass is 10.1. The molecule has 1 aromatic carbocycles. The Hall–Kier alpha value is -3.10. The molecule has 0 heterocycles. The normalized spacial score (nSPS) is 10.1. The fourth-order valence-electron chi connectivity index (χ4n) is 2.32. The Kier molecular flexibility index (Phi) is 12.3. The highest BCUT2D eigenvalue weighted by Crippen LogP contribution is 2.05. The molecule has 1 rings (SSSR count). The number of hydrogen-bond donors (Lipinski definition) is 2. The number of aryl methyl sites for hydroxylation is 1. The summed E-state index contributed by atoms with van der Waals surface area (Å²) in [5.74, 6) is -1.14. The van der Waals surface area contributed by atoms with Crippen LogP contribution < -0.4 is 5.32 Å². The molecule has 2 N–H and O–H groups in total. The van der Waals surface area contributed by atoms with E-state index < -0.39 is 12.1 Å². The van der Waals surface area contributed by atoms with Gasteiger partial charge in [0.1, 0.15) is 19.8 Å². The Morgan fingerprint density at radius 3 is 2.33 bits per heavy atom. The highest BCUT2D eigenvalue weighted by atomic mass is 16.6. The molecule has 0 aromatic heterocycles. The number of amides is 1. The molecule has 0 saturated carbocycles. The third-order valence-electron chi connectivity index (χ3n) is 4.00. The van der Waals surface area contributed by atoms with Crippen molar-refractivity contribution in [2.75, 3.05) is 33.4 Å². The topological polar surface area (TPSA) is 118 Å². The van der Waals surface area contributed by atoms with Crippen LogP contribution in [0, 0.1) is 5.41 Å². The van der Waals surface area contributed by atoms with Gasteiger partial charge in [-0.05, 0) is 24.8 Å². The lowest BCUT2D eigenvalue weighted by Crippen LogP contribution is -2.44. The van der Waals surface area contributed by atoms with Gasteiger partial charge in [0.05, 0.1) is 6.61 Å². The van der Waals surface area contributed by atoms with E-state index in [-0.39, 0.29) is 38.1 Å². The van der Waals surface area contributed by atoms with E-state index in [1.807, 2.05) is 37.3 Å². The molecular formula is C21H31N3O6. The molecule has 1 aromatic rings. The molecule has 0 saturated heterocycles. The lowest BCUT2D eigenvalue weighted by Gasteiger charge is -2.19. The van der Waals surface area contributed by atoms with E-state index in [1.165, 1.54) is 11.9 Å². The average Bonchev–Trinajstić information content (AvgIpc) is 2.72. The van der Waals surface area contributed by atoms with Crippen molar-refractivity contribution in [3.8, 4) is 0 Å². The number of nitrogens with zero attached hydrogens (tertiary/aromatic N) is 1. The molecule has 30 heavy (non-hydrogen) atoms. The number of ether oxygens (including phenoxy) is 3. The van der Waals surface area contributed by atoms with Gasteiger partial charge in [0.25, 0.3) is 0 Å². The van der Waals surface area contributed by atoms with Gasteiger partial charge < -0.3 is 19.1 Å². The summed E-state index contributed by atoms with van der Waals surface area (Å²) in [4.78, 5) is 36.2. The van der Waals surface area contributed by atoms with Crippen molar-refractivity contribution >= 4 is 24.0 Å². The molecule has 166 valence electrons. The number of unbranched alkanes of at least 4 members (excludes halogenated alkanes) is 1. The van der Waals surface area contributed by atoms with E-state index in [2.05, 4.69) is 5.32 Å². The van der Waals surface area contributed by atoms with Gasteiger partial charge in [-0.25, -0.2) is 4.79 Å². The van der Waals surface area contributed by atoms with E-state index in [4.69, 9.17) is 19.6 Å². The molecular weight excluding hydrogens is 390 g/mol. The van der Waals surface area contributed by atoms with Crippen LogP contribution in [0.3, 0.4) is 0 Å². The maximum Gasteiger partial charge on any atom is 0.414 e. The molecule has 9 nitrogen and oxygen atoms in total. The summed E-state index contributed by atoms with van der Waals surface area (Å²) < 4.78 is 14.9. The van der Waals surface area contributed by atoms with E-state index in [0.717, 1.165) is 24.8 Å². The van der Waals surface area contributed by atoms with Crippen molar-refractivity contribution in [2.45, 2.75) is 39.0 Å². The van der Waals surface area contributed by atoms with E-state index >= 15 is 0 Å². The molecule has 9 heteroatoms. The summed E-state index contributed by atoms with van der Waals surface area (Å²) in [5.41, 5.74) is 1.16. The van der Waals surface area contributed by atoms with Gasteiger partial charge in [-0.1, -0.05) is 43.7 Å². The zero-order valence-electron chi connectivity index (χ0n) is 17.6. The van der Waals surface area contributed by atoms with Gasteiger partial charge in [-0.2, -0.15) is 0 Å². The second-order valence-electron chi connectivity index (χ2n) is 6.60. The molecule has 0 radical (unpaired) electrons. The van der Waals surface area contributed by atoms with Gasteiger partial charge in [-0.15, -0.1) is 0 Å². The Balaban J connectivity index is 2.10. The first-order chi connectivity index (χ1) is 14.4. The molecule has 0 aliphatic carbocycles. The molecule has 0 unspecified atom stereocenters. The Labute approximate surface area is 177 Å². The van der Waals surface area contributed by atoms with Crippen LogP contribution in [0.2, 0.25) is 0 Å². The number of rotatable bonds is 12. The minimum atomic E-state index is -0.869. The van der Waals surface area contributed by atoms with Gasteiger partial charge in [0, 0.05) is 13.5 Å². The smallest absolute Gasteiger partial charge is 0.414 e. The van der Waals surface area contributed by atoms with Crippen LogP contribution >= 0.6 is 0 Å². The van der Waals surface area contributed by atoms with Gasteiger partial charge in [-0.3, -0.25) is 20.3 Å². The molecule has 0 atom stereocenters. The predicted molar refractivity (Wildman–Crippen MR) is 111 cm³/mol. The number of carbonyl (C=O) groups is 3. The third-order valence-corrected chi connectivity index (χ3v) is 4.00. The number of guanidine groups is 1. The summed E-state index contributed by atoms with van der Waals surface area (Å²) in [7, 11) is 1.47. The van der Waals surface area contributed by atoms with Crippen LogP contribution in [-0.2, 0) is 30.2 Å². The number of esters is 2. The number of benzene rings is 1. The maximum absolute atomic E-state index is 11.7. The predicted octanol–water partition coefficient (Wildman–Crippen LogP) is 2.49. The van der Waals surface area contributed by atoms with Crippen LogP contribution in [0.25, 0.3) is 0 Å². The Morgan fingerprint density at radius 2 is 1.63 bits per heavy atom. The zero-order chi connectivity index (χ0) is 22.2. The maximum atomic E-state index is 11.7.